The first-order valence-electron chi connectivity index (χ1n) is 6.56. The van der Waals surface area contributed by atoms with Crippen LogP contribution in [-0.2, 0) is 13.2 Å². The molecule has 1 heterocycles. The predicted octanol–water partition coefficient (Wildman–Crippen LogP) is 1.49. The second-order valence-corrected chi connectivity index (χ2v) is 4.88. The Balaban J connectivity index is 2.18. The summed E-state index contributed by atoms with van der Waals surface area (Å²) in [6.45, 7) is 0.0760. The lowest BCUT2D eigenvalue weighted by Crippen LogP contribution is -2.15. The minimum atomic E-state index is -0.608. The number of hydrogen-bond acceptors (Lipinski definition) is 6. The van der Waals surface area contributed by atoms with Crippen molar-refractivity contribution in [1.82, 2.24) is 10.1 Å². The number of rotatable bonds is 7. The van der Waals surface area contributed by atoms with Crippen molar-refractivity contribution in [3.8, 4) is 5.88 Å². The molecular weight excluding hydrogens is 272 g/mol. The summed E-state index contributed by atoms with van der Waals surface area (Å²) in [4.78, 5) is 13.7. The lowest BCUT2D eigenvalue weighted by Gasteiger charge is -2.08. The standard InChI is InChI=1S/C15H18N2O4/c1-17(2)8-13-14(12(19)9-18)15(16-21-13)20-10-11-6-4-3-5-7-11/h3-7,18H,8-10H2,1-2H3. The summed E-state index contributed by atoms with van der Waals surface area (Å²) < 4.78 is 10.7. The third-order valence-corrected chi connectivity index (χ3v) is 2.83. The van der Waals surface area contributed by atoms with Crippen LogP contribution < -0.4 is 4.74 Å². The average molecular weight is 290 g/mol. The molecule has 1 aromatic heterocycles. The highest BCUT2D eigenvalue weighted by Gasteiger charge is 2.24. The Morgan fingerprint density at radius 1 is 1.33 bits per heavy atom. The number of aromatic nitrogens is 1. The van der Waals surface area contributed by atoms with E-state index < -0.39 is 12.4 Å². The third kappa shape index (κ3) is 3.90. The zero-order valence-electron chi connectivity index (χ0n) is 12.1. The lowest BCUT2D eigenvalue weighted by atomic mass is 10.1. The zero-order valence-corrected chi connectivity index (χ0v) is 12.1. The molecular formula is C15H18N2O4. The van der Waals surface area contributed by atoms with Crippen molar-refractivity contribution in [2.75, 3.05) is 20.7 Å². The molecule has 1 aromatic carbocycles. The average Bonchev–Trinajstić information content (AvgIpc) is 2.87. The minimum absolute atomic E-state index is 0.120. The van der Waals surface area contributed by atoms with E-state index in [0.717, 1.165) is 5.56 Å². The second kappa shape index (κ2) is 7.01. The molecule has 0 aliphatic carbocycles. The summed E-state index contributed by atoms with van der Waals surface area (Å²) in [5.74, 6) is 0.0491. The first-order valence-corrected chi connectivity index (χ1v) is 6.56. The van der Waals surface area contributed by atoms with E-state index in [9.17, 15) is 4.79 Å². The number of nitrogens with zero attached hydrogens (tertiary/aromatic N) is 2. The van der Waals surface area contributed by atoms with E-state index in [1.54, 1.807) is 0 Å². The van der Waals surface area contributed by atoms with Crippen LogP contribution in [0.3, 0.4) is 0 Å². The zero-order chi connectivity index (χ0) is 15.2. The van der Waals surface area contributed by atoms with Gasteiger partial charge in [-0.15, -0.1) is 0 Å². The van der Waals surface area contributed by atoms with Crippen molar-refractivity contribution in [2.45, 2.75) is 13.2 Å². The van der Waals surface area contributed by atoms with Crippen molar-refractivity contribution in [2.24, 2.45) is 0 Å². The van der Waals surface area contributed by atoms with Crippen LogP contribution in [0.25, 0.3) is 0 Å². The van der Waals surface area contributed by atoms with Gasteiger partial charge < -0.3 is 19.3 Å². The lowest BCUT2D eigenvalue weighted by molar-refractivity contribution is 0.0896. The van der Waals surface area contributed by atoms with Gasteiger partial charge in [-0.2, -0.15) is 0 Å². The predicted molar refractivity (Wildman–Crippen MR) is 76.1 cm³/mol. The SMILES string of the molecule is CN(C)Cc1onc(OCc2ccccc2)c1C(=O)CO. The molecule has 0 aliphatic heterocycles. The second-order valence-electron chi connectivity index (χ2n) is 4.88. The Bertz CT molecular complexity index is 593. The molecule has 1 N–H and O–H groups in total. The van der Waals surface area contributed by atoms with E-state index >= 15 is 0 Å². The van der Waals surface area contributed by atoms with E-state index in [4.69, 9.17) is 14.4 Å². The van der Waals surface area contributed by atoms with Gasteiger partial charge in [0.25, 0.3) is 5.88 Å². The smallest absolute Gasteiger partial charge is 0.265 e. The first-order chi connectivity index (χ1) is 10.1. The summed E-state index contributed by atoms with van der Waals surface area (Å²) in [6, 6.07) is 9.54. The maximum atomic E-state index is 11.9. The number of aliphatic hydroxyl groups is 1. The fraction of sp³-hybridized carbons (Fsp3) is 0.333. The van der Waals surface area contributed by atoms with Gasteiger partial charge in [-0.25, -0.2) is 0 Å². The van der Waals surface area contributed by atoms with Crippen LogP contribution in [-0.4, -0.2) is 41.6 Å². The molecule has 0 aliphatic rings. The van der Waals surface area contributed by atoms with Gasteiger partial charge in [0.2, 0.25) is 0 Å². The van der Waals surface area contributed by atoms with Crippen LogP contribution in [0.4, 0.5) is 0 Å². The molecule has 112 valence electrons. The molecule has 6 heteroatoms. The molecule has 0 fully saturated rings. The van der Waals surface area contributed by atoms with Gasteiger partial charge >= 0.3 is 0 Å². The van der Waals surface area contributed by atoms with Crippen LogP contribution in [0.5, 0.6) is 5.88 Å². The molecule has 0 bridgehead atoms. The number of Topliss-reactive ketones (excluding diaryl/α,β-unsaturated/α-hetero) is 1. The van der Waals surface area contributed by atoms with E-state index in [2.05, 4.69) is 5.16 Å². The highest BCUT2D eigenvalue weighted by molar-refractivity contribution is 5.99. The van der Waals surface area contributed by atoms with Gasteiger partial charge in [0.15, 0.2) is 11.5 Å². The van der Waals surface area contributed by atoms with Gasteiger partial charge in [0, 0.05) is 0 Å². The molecule has 0 amide bonds. The first kappa shape index (κ1) is 15.2. The molecule has 0 spiro atoms. The van der Waals surface area contributed by atoms with Crippen LogP contribution in [0.2, 0.25) is 0 Å². The number of carbonyl (C=O) groups is 1. The normalized spacial score (nSPS) is 10.9. The van der Waals surface area contributed by atoms with Crippen LogP contribution >= 0.6 is 0 Å². The van der Waals surface area contributed by atoms with Crippen molar-refractivity contribution in [3.63, 3.8) is 0 Å². The maximum Gasteiger partial charge on any atom is 0.265 e. The Hall–Kier alpha value is -2.18. The molecule has 0 unspecified atom stereocenters. The highest BCUT2D eigenvalue weighted by Crippen LogP contribution is 2.24. The van der Waals surface area contributed by atoms with E-state index in [0.29, 0.717) is 12.3 Å². The van der Waals surface area contributed by atoms with Crippen molar-refractivity contribution in [3.05, 3.63) is 47.2 Å². The van der Waals surface area contributed by atoms with Gasteiger partial charge in [0.1, 0.15) is 18.8 Å². The number of ketones is 1. The van der Waals surface area contributed by atoms with E-state index in [-0.39, 0.29) is 18.1 Å². The monoisotopic (exact) mass is 290 g/mol. The van der Waals surface area contributed by atoms with Crippen LogP contribution in [0, 0.1) is 0 Å². The van der Waals surface area contributed by atoms with Crippen molar-refractivity contribution < 1.29 is 19.2 Å². The van der Waals surface area contributed by atoms with E-state index in [1.165, 1.54) is 0 Å². The molecule has 0 atom stereocenters. The number of ether oxygens (including phenoxy) is 1. The Morgan fingerprint density at radius 3 is 2.67 bits per heavy atom. The topological polar surface area (TPSA) is 75.8 Å². The molecule has 6 nitrogen and oxygen atoms in total. The number of benzene rings is 1. The summed E-state index contributed by atoms with van der Waals surface area (Å²) >= 11 is 0. The Kier molecular flexibility index (Phi) is 5.08. The fourth-order valence-corrected chi connectivity index (χ4v) is 1.88. The van der Waals surface area contributed by atoms with Crippen molar-refractivity contribution in [1.29, 1.82) is 0 Å². The molecule has 21 heavy (non-hydrogen) atoms. The number of carbonyl (C=O) groups excluding carboxylic acids is 1. The highest BCUT2D eigenvalue weighted by atomic mass is 16.5. The van der Waals surface area contributed by atoms with E-state index in [1.807, 2.05) is 49.3 Å². The minimum Gasteiger partial charge on any atom is -0.470 e. The molecule has 2 rings (SSSR count). The largest absolute Gasteiger partial charge is 0.470 e. The number of aliphatic hydroxyl groups excluding tert-OH is 1. The molecule has 0 saturated heterocycles. The Labute approximate surface area is 122 Å². The number of hydrogen-bond donors (Lipinski definition) is 1. The summed E-state index contributed by atoms with van der Waals surface area (Å²) in [5, 5.41) is 12.9. The van der Waals surface area contributed by atoms with Gasteiger partial charge in [-0.05, 0) is 24.8 Å². The summed E-state index contributed by atoms with van der Waals surface area (Å²) in [6.07, 6.45) is 0. The van der Waals surface area contributed by atoms with Gasteiger partial charge in [0.05, 0.1) is 6.54 Å². The summed E-state index contributed by atoms with van der Waals surface area (Å²) in [5.41, 5.74) is 1.17. The van der Waals surface area contributed by atoms with Gasteiger partial charge in [-0.3, -0.25) is 4.79 Å². The molecule has 0 saturated carbocycles. The maximum absolute atomic E-state index is 11.9. The summed E-state index contributed by atoms with van der Waals surface area (Å²) in [7, 11) is 3.69. The molecule has 0 radical (unpaired) electrons. The fourth-order valence-electron chi connectivity index (χ4n) is 1.88. The van der Waals surface area contributed by atoms with Gasteiger partial charge in [-0.1, -0.05) is 30.3 Å². The Morgan fingerprint density at radius 2 is 2.05 bits per heavy atom. The quantitative estimate of drug-likeness (QED) is 0.779. The van der Waals surface area contributed by atoms with Crippen LogP contribution in [0.1, 0.15) is 21.7 Å². The third-order valence-electron chi connectivity index (χ3n) is 2.83. The van der Waals surface area contributed by atoms with Crippen LogP contribution in [0.15, 0.2) is 34.9 Å². The van der Waals surface area contributed by atoms with Crippen molar-refractivity contribution >= 4 is 5.78 Å². The molecule has 2 aromatic rings.